The van der Waals surface area contributed by atoms with Gasteiger partial charge in [0.2, 0.25) is 17.7 Å². The summed E-state index contributed by atoms with van der Waals surface area (Å²) in [7, 11) is 1.75. The second-order valence-corrected chi connectivity index (χ2v) is 15.0. The van der Waals surface area contributed by atoms with Crippen molar-refractivity contribution in [1.29, 1.82) is 0 Å². The molecule has 3 aliphatic rings. The highest BCUT2D eigenvalue weighted by Gasteiger charge is 2.77. The largest absolute Gasteiger partial charge is 0.396 e. The molecule has 7 nitrogen and oxygen atoms in total. The van der Waals surface area contributed by atoms with Crippen molar-refractivity contribution in [2.45, 2.75) is 88.3 Å². The molecule has 0 aromatic carbocycles. The number of nitrogens with zero attached hydrogens (tertiary/aromatic N) is 3. The van der Waals surface area contributed by atoms with Crippen molar-refractivity contribution in [3.8, 4) is 0 Å². The van der Waals surface area contributed by atoms with E-state index in [-0.39, 0.29) is 29.7 Å². The Morgan fingerprint density at radius 1 is 1.14 bits per heavy atom. The zero-order valence-corrected chi connectivity index (χ0v) is 24.7. The molecule has 208 valence electrons. The van der Waals surface area contributed by atoms with Crippen LogP contribution in [-0.4, -0.2) is 91.9 Å². The zero-order valence-electron chi connectivity index (χ0n) is 23.9. The van der Waals surface area contributed by atoms with Gasteiger partial charge in [-0.2, -0.15) is 0 Å². The van der Waals surface area contributed by atoms with Crippen LogP contribution in [0.15, 0.2) is 25.3 Å². The summed E-state index contributed by atoms with van der Waals surface area (Å²) in [5.41, 5.74) is -0.470. The number of amides is 3. The molecule has 0 aromatic rings. The van der Waals surface area contributed by atoms with Crippen molar-refractivity contribution in [3.63, 3.8) is 0 Å². The van der Waals surface area contributed by atoms with Crippen LogP contribution < -0.4 is 0 Å². The molecule has 1 N–H and O–H groups in total. The number of hydrogen-bond donors (Lipinski definition) is 1. The summed E-state index contributed by atoms with van der Waals surface area (Å²) in [6.45, 7) is 21.5. The molecule has 37 heavy (non-hydrogen) atoms. The minimum atomic E-state index is -0.676. The highest BCUT2D eigenvalue weighted by molar-refractivity contribution is 8.02. The molecule has 0 radical (unpaired) electrons. The SMILES string of the molecule is C=CCN(C)C(=O)[C@@H]1[C@H]2C(=O)N(CCCO)C(C(=O)N(CC=C)C(C)(C)CC(C)(C)C)C23CC[C@@]1(C)S3. The van der Waals surface area contributed by atoms with E-state index in [9.17, 15) is 19.5 Å². The van der Waals surface area contributed by atoms with Crippen LogP contribution in [0, 0.1) is 17.3 Å². The lowest BCUT2D eigenvalue weighted by atomic mass is 9.66. The van der Waals surface area contributed by atoms with Crippen molar-refractivity contribution in [1.82, 2.24) is 14.7 Å². The van der Waals surface area contributed by atoms with Crippen molar-refractivity contribution in [2.75, 3.05) is 33.3 Å². The summed E-state index contributed by atoms with van der Waals surface area (Å²) in [4.78, 5) is 47.7. The molecule has 3 fully saturated rings. The summed E-state index contributed by atoms with van der Waals surface area (Å²) < 4.78 is -1.07. The molecule has 3 rings (SSSR count). The van der Waals surface area contributed by atoms with Gasteiger partial charge in [-0.25, -0.2) is 0 Å². The lowest BCUT2D eigenvalue weighted by Crippen LogP contribution is -2.60. The van der Waals surface area contributed by atoms with Gasteiger partial charge in [0.1, 0.15) is 6.04 Å². The Morgan fingerprint density at radius 2 is 1.76 bits per heavy atom. The molecule has 0 aliphatic carbocycles. The second-order valence-electron chi connectivity index (χ2n) is 13.1. The smallest absolute Gasteiger partial charge is 0.247 e. The molecule has 3 aliphatic heterocycles. The number of aliphatic hydroxyl groups excluding tert-OH is 1. The molecule has 1 spiro atoms. The van der Waals surface area contributed by atoms with E-state index in [1.807, 2.05) is 4.90 Å². The van der Waals surface area contributed by atoms with Crippen LogP contribution in [0.1, 0.15) is 67.2 Å². The Morgan fingerprint density at radius 3 is 2.30 bits per heavy atom. The summed E-state index contributed by atoms with van der Waals surface area (Å²) in [5.74, 6) is -1.30. The molecule has 2 bridgehead atoms. The standard InChI is InChI=1S/C29H47N3O4S/c1-10-15-30(9)23(34)20-21-24(35)31(17-12-18-33)22(29(21)14-13-28(20,8)37-29)25(36)32(16-11-2)27(6,7)19-26(3,4)5/h10-11,20-22,33H,1-2,12-19H2,3-9H3/t20-,21-,22?,28+,29?/m0/s1. The van der Waals surface area contributed by atoms with E-state index in [0.29, 0.717) is 32.5 Å². The third kappa shape index (κ3) is 5.12. The van der Waals surface area contributed by atoms with Crippen molar-refractivity contribution >= 4 is 29.5 Å². The van der Waals surface area contributed by atoms with E-state index in [0.717, 1.165) is 12.8 Å². The number of carbonyl (C=O) groups is 3. The number of thioether (sulfide) groups is 1. The van der Waals surface area contributed by atoms with Crippen molar-refractivity contribution < 1.29 is 19.5 Å². The number of rotatable bonds is 11. The van der Waals surface area contributed by atoms with E-state index in [2.05, 4.69) is 54.7 Å². The monoisotopic (exact) mass is 533 g/mol. The maximum atomic E-state index is 14.6. The Labute approximate surface area is 227 Å². The van der Waals surface area contributed by atoms with Crippen LogP contribution in [0.2, 0.25) is 0 Å². The quantitative estimate of drug-likeness (QED) is 0.410. The number of hydrogen-bond acceptors (Lipinski definition) is 5. The van der Waals surface area contributed by atoms with Gasteiger partial charge in [0, 0.05) is 43.6 Å². The van der Waals surface area contributed by atoms with Gasteiger partial charge in [0.25, 0.3) is 0 Å². The minimum Gasteiger partial charge on any atom is -0.396 e. The molecular formula is C29H47N3O4S. The number of likely N-dealkylation sites (tertiary alicyclic amines) is 1. The fraction of sp³-hybridized carbons (Fsp3) is 0.759. The van der Waals surface area contributed by atoms with Gasteiger partial charge in [-0.1, -0.05) is 32.9 Å². The van der Waals surface area contributed by atoms with E-state index < -0.39 is 32.9 Å². The van der Waals surface area contributed by atoms with Gasteiger partial charge in [-0.05, 0) is 51.9 Å². The number of aliphatic hydroxyl groups is 1. The molecule has 8 heteroatoms. The molecule has 2 unspecified atom stereocenters. The average molecular weight is 534 g/mol. The van der Waals surface area contributed by atoms with Crippen LogP contribution >= 0.6 is 11.8 Å². The molecular weight excluding hydrogens is 486 g/mol. The molecule has 0 aromatic heterocycles. The third-order valence-electron chi connectivity index (χ3n) is 8.38. The normalized spacial score (nSPS) is 30.9. The highest BCUT2D eigenvalue weighted by Crippen LogP contribution is 2.71. The van der Waals surface area contributed by atoms with Gasteiger partial charge in [-0.15, -0.1) is 24.9 Å². The predicted molar refractivity (Wildman–Crippen MR) is 150 cm³/mol. The van der Waals surface area contributed by atoms with Gasteiger partial charge >= 0.3 is 0 Å². The fourth-order valence-electron chi connectivity index (χ4n) is 7.39. The van der Waals surface area contributed by atoms with E-state index in [1.165, 1.54) is 0 Å². The molecule has 3 amide bonds. The summed E-state index contributed by atoms with van der Waals surface area (Å²) in [6, 6.07) is -0.676. The third-order valence-corrected chi connectivity index (χ3v) is 10.4. The first-order valence-electron chi connectivity index (χ1n) is 13.5. The van der Waals surface area contributed by atoms with Crippen molar-refractivity contribution in [3.05, 3.63) is 25.3 Å². The van der Waals surface area contributed by atoms with Crippen LogP contribution in [0.4, 0.5) is 0 Å². The topological polar surface area (TPSA) is 81.2 Å². The van der Waals surface area contributed by atoms with Crippen LogP contribution in [0.25, 0.3) is 0 Å². The lowest BCUT2D eigenvalue weighted by Gasteiger charge is -2.46. The maximum absolute atomic E-state index is 14.6. The Kier molecular flexibility index (Phi) is 8.36. The van der Waals surface area contributed by atoms with Crippen LogP contribution in [0.3, 0.4) is 0 Å². The zero-order chi connectivity index (χ0) is 28.0. The van der Waals surface area contributed by atoms with Gasteiger partial charge in [0.05, 0.1) is 16.6 Å². The number of fused-ring (bicyclic) bond motifs is 1. The molecule has 5 atom stereocenters. The van der Waals surface area contributed by atoms with Gasteiger partial charge in [-0.3, -0.25) is 14.4 Å². The predicted octanol–water partition coefficient (Wildman–Crippen LogP) is 3.72. The van der Waals surface area contributed by atoms with Gasteiger partial charge in [0.15, 0.2) is 0 Å². The lowest BCUT2D eigenvalue weighted by molar-refractivity contribution is -0.147. The van der Waals surface area contributed by atoms with Crippen molar-refractivity contribution in [2.24, 2.45) is 17.3 Å². The maximum Gasteiger partial charge on any atom is 0.247 e. The molecule has 0 saturated carbocycles. The van der Waals surface area contributed by atoms with Crippen LogP contribution in [-0.2, 0) is 14.4 Å². The second kappa shape index (κ2) is 10.4. The first-order valence-corrected chi connectivity index (χ1v) is 14.3. The Hall–Kier alpha value is -1.80. The summed E-state index contributed by atoms with van der Waals surface area (Å²) in [5, 5.41) is 9.61. The average Bonchev–Trinajstić information content (AvgIpc) is 3.34. The van der Waals surface area contributed by atoms with E-state index in [4.69, 9.17) is 0 Å². The first-order chi connectivity index (χ1) is 17.1. The Bertz CT molecular complexity index is 944. The molecule has 3 saturated heterocycles. The highest BCUT2D eigenvalue weighted by atomic mass is 32.2. The number of carbonyl (C=O) groups excluding carboxylic acids is 3. The molecule has 3 heterocycles. The summed E-state index contributed by atoms with van der Waals surface area (Å²) >= 11 is 1.69. The van der Waals surface area contributed by atoms with E-state index in [1.54, 1.807) is 40.8 Å². The first kappa shape index (κ1) is 29.8. The Balaban J connectivity index is 2.10. The fourth-order valence-corrected chi connectivity index (χ4v) is 9.73. The van der Waals surface area contributed by atoms with Crippen LogP contribution in [0.5, 0.6) is 0 Å². The van der Waals surface area contributed by atoms with E-state index >= 15 is 0 Å². The summed E-state index contributed by atoms with van der Waals surface area (Å²) in [6.07, 6.45) is 6.12. The van der Waals surface area contributed by atoms with Gasteiger partial charge < -0.3 is 19.8 Å². The minimum absolute atomic E-state index is 0.00656. The number of likely N-dealkylation sites (N-methyl/N-ethyl adjacent to an activating group) is 1.